The fraction of sp³-hybridized carbons (Fsp3) is 1.00. The summed E-state index contributed by atoms with van der Waals surface area (Å²) in [6.45, 7) is 20.7. The minimum atomic E-state index is -0.140. The number of hydrogen-bond donors (Lipinski definition) is 2. The quantitative estimate of drug-likeness (QED) is 0.426. The van der Waals surface area contributed by atoms with Crippen LogP contribution in [-0.4, -0.2) is 56.8 Å². The molecule has 0 saturated carbocycles. The summed E-state index contributed by atoms with van der Waals surface area (Å²) in [5.41, 5.74) is -0.0815. The van der Waals surface area contributed by atoms with E-state index in [4.69, 9.17) is 9.47 Å². The van der Waals surface area contributed by atoms with Gasteiger partial charge in [0.15, 0.2) is 0 Å². The van der Waals surface area contributed by atoms with Gasteiger partial charge in [0, 0.05) is 12.1 Å². The second-order valence-electron chi connectivity index (χ2n) is 9.00. The number of nitrogens with one attached hydrogen (secondary N) is 2. The van der Waals surface area contributed by atoms with Gasteiger partial charge in [-0.3, -0.25) is 0 Å². The highest BCUT2D eigenvalue weighted by Crippen LogP contribution is 2.19. The van der Waals surface area contributed by atoms with E-state index in [9.17, 15) is 0 Å². The van der Waals surface area contributed by atoms with E-state index in [-0.39, 0.29) is 16.7 Å². The van der Waals surface area contributed by atoms with Crippen molar-refractivity contribution in [1.29, 1.82) is 0 Å². The molecule has 0 amide bonds. The molecular formula is C18H41BN2O2. The molecule has 0 aromatic heterocycles. The van der Waals surface area contributed by atoms with E-state index < -0.39 is 0 Å². The van der Waals surface area contributed by atoms with E-state index in [0.29, 0.717) is 5.94 Å². The minimum Gasteiger partial charge on any atom is -0.375 e. The van der Waals surface area contributed by atoms with Gasteiger partial charge in [-0.1, -0.05) is 6.92 Å². The first-order valence-corrected chi connectivity index (χ1v) is 9.09. The van der Waals surface area contributed by atoms with Crippen LogP contribution in [0.5, 0.6) is 0 Å². The van der Waals surface area contributed by atoms with Crippen LogP contribution in [0.1, 0.15) is 68.2 Å². The lowest BCUT2D eigenvalue weighted by Gasteiger charge is -2.31. The van der Waals surface area contributed by atoms with Gasteiger partial charge in [0.1, 0.15) is 7.85 Å². The van der Waals surface area contributed by atoms with Gasteiger partial charge in [-0.2, -0.15) is 0 Å². The van der Waals surface area contributed by atoms with Crippen molar-refractivity contribution in [3.8, 4) is 0 Å². The molecule has 0 saturated heterocycles. The van der Waals surface area contributed by atoms with Gasteiger partial charge >= 0.3 is 0 Å². The van der Waals surface area contributed by atoms with Crippen molar-refractivity contribution >= 4 is 7.85 Å². The first-order chi connectivity index (χ1) is 10.3. The monoisotopic (exact) mass is 328 g/mol. The van der Waals surface area contributed by atoms with Crippen molar-refractivity contribution in [2.24, 2.45) is 0 Å². The van der Waals surface area contributed by atoms with Gasteiger partial charge < -0.3 is 20.1 Å². The SMILES string of the molecule is BC(C)NCCOC(C)(C)CCOC(C)(C)CCNC(C)(C)C. The third kappa shape index (κ3) is 15.2. The Morgan fingerprint density at radius 2 is 1.35 bits per heavy atom. The van der Waals surface area contributed by atoms with E-state index >= 15 is 0 Å². The highest BCUT2D eigenvalue weighted by molar-refractivity contribution is 6.11. The standard InChI is InChI=1S/C18H41BN2O2/c1-15(19)20-12-14-23-18(7,8)10-13-22-17(5,6)9-11-21-16(2,3)4/h15,20-21H,9-14,19H2,1-8H3. The van der Waals surface area contributed by atoms with Gasteiger partial charge in [-0.05, 0) is 73.8 Å². The molecule has 0 rings (SSSR count). The van der Waals surface area contributed by atoms with Crippen molar-refractivity contribution in [3.05, 3.63) is 0 Å². The van der Waals surface area contributed by atoms with Crippen molar-refractivity contribution in [2.75, 3.05) is 26.3 Å². The molecule has 0 bridgehead atoms. The lowest BCUT2D eigenvalue weighted by molar-refractivity contribution is -0.0734. The van der Waals surface area contributed by atoms with Crippen LogP contribution < -0.4 is 10.6 Å². The molecule has 0 aromatic carbocycles. The van der Waals surface area contributed by atoms with Gasteiger partial charge in [-0.15, -0.1) is 0 Å². The molecule has 2 N–H and O–H groups in total. The van der Waals surface area contributed by atoms with Gasteiger partial charge in [0.25, 0.3) is 0 Å². The summed E-state index contributed by atoms with van der Waals surface area (Å²) >= 11 is 0. The summed E-state index contributed by atoms with van der Waals surface area (Å²) in [5.74, 6) is 0.507. The van der Waals surface area contributed by atoms with Crippen molar-refractivity contribution < 1.29 is 9.47 Å². The van der Waals surface area contributed by atoms with Crippen LogP contribution in [0.4, 0.5) is 0 Å². The second kappa shape index (κ2) is 10.0. The van der Waals surface area contributed by atoms with Crippen molar-refractivity contribution in [2.45, 2.75) is 90.9 Å². The molecule has 0 aliphatic heterocycles. The zero-order valence-corrected chi connectivity index (χ0v) is 17.1. The number of ether oxygens (including phenoxy) is 2. The van der Waals surface area contributed by atoms with Crippen LogP contribution in [0.15, 0.2) is 0 Å². The Morgan fingerprint density at radius 3 is 1.87 bits per heavy atom. The van der Waals surface area contributed by atoms with Gasteiger partial charge in [-0.25, -0.2) is 0 Å². The molecule has 0 heterocycles. The molecule has 1 atom stereocenters. The molecule has 138 valence electrons. The highest BCUT2D eigenvalue weighted by atomic mass is 16.5. The van der Waals surface area contributed by atoms with Crippen LogP contribution in [0.2, 0.25) is 0 Å². The maximum atomic E-state index is 6.09. The van der Waals surface area contributed by atoms with Crippen LogP contribution in [0.25, 0.3) is 0 Å². The Kier molecular flexibility index (Phi) is 9.98. The third-order valence-corrected chi connectivity index (χ3v) is 3.73. The minimum absolute atomic E-state index is 0.104. The topological polar surface area (TPSA) is 42.5 Å². The predicted octanol–water partition coefficient (Wildman–Crippen LogP) is 2.31. The van der Waals surface area contributed by atoms with Gasteiger partial charge in [0.2, 0.25) is 0 Å². The van der Waals surface area contributed by atoms with E-state index in [2.05, 4.69) is 73.9 Å². The van der Waals surface area contributed by atoms with E-state index in [0.717, 1.165) is 39.1 Å². The van der Waals surface area contributed by atoms with Crippen LogP contribution in [0.3, 0.4) is 0 Å². The number of hydrogen-bond acceptors (Lipinski definition) is 4. The van der Waals surface area contributed by atoms with Crippen molar-refractivity contribution in [3.63, 3.8) is 0 Å². The first-order valence-electron chi connectivity index (χ1n) is 9.09. The fourth-order valence-corrected chi connectivity index (χ4v) is 2.13. The summed E-state index contributed by atoms with van der Waals surface area (Å²) in [4.78, 5) is 0. The van der Waals surface area contributed by atoms with Crippen LogP contribution in [0, 0.1) is 0 Å². The van der Waals surface area contributed by atoms with E-state index in [1.54, 1.807) is 0 Å². The molecule has 4 nitrogen and oxygen atoms in total. The van der Waals surface area contributed by atoms with Crippen LogP contribution >= 0.6 is 0 Å². The summed E-state index contributed by atoms with van der Waals surface area (Å²) in [6.07, 6.45) is 1.91. The zero-order chi connectivity index (χ0) is 18.1. The highest BCUT2D eigenvalue weighted by Gasteiger charge is 2.23. The molecule has 0 radical (unpaired) electrons. The average molecular weight is 328 g/mol. The fourth-order valence-electron chi connectivity index (χ4n) is 2.13. The maximum absolute atomic E-state index is 6.09. The molecule has 0 fully saturated rings. The molecule has 5 heteroatoms. The Hall–Kier alpha value is -0.0951. The Bertz CT molecular complexity index is 313. The summed E-state index contributed by atoms with van der Waals surface area (Å²) < 4.78 is 12.1. The Balaban J connectivity index is 3.91. The molecule has 0 aromatic rings. The third-order valence-electron chi connectivity index (χ3n) is 3.73. The normalized spacial score (nSPS) is 15.0. The maximum Gasteiger partial charge on any atom is 0.123 e. The van der Waals surface area contributed by atoms with E-state index in [1.807, 2.05) is 0 Å². The molecular weight excluding hydrogens is 287 g/mol. The smallest absolute Gasteiger partial charge is 0.123 e. The summed E-state index contributed by atoms with van der Waals surface area (Å²) in [6, 6.07) is 0. The Morgan fingerprint density at radius 1 is 0.826 bits per heavy atom. The molecule has 23 heavy (non-hydrogen) atoms. The molecule has 1 unspecified atom stereocenters. The lowest BCUT2D eigenvalue weighted by Crippen LogP contribution is -2.40. The zero-order valence-electron chi connectivity index (χ0n) is 17.1. The van der Waals surface area contributed by atoms with Gasteiger partial charge in [0.05, 0.1) is 24.4 Å². The summed E-state index contributed by atoms with van der Waals surface area (Å²) in [5, 5.41) is 6.89. The average Bonchev–Trinajstić information content (AvgIpc) is 2.32. The summed E-state index contributed by atoms with van der Waals surface area (Å²) in [7, 11) is 2.15. The molecule has 0 aliphatic rings. The van der Waals surface area contributed by atoms with Crippen molar-refractivity contribution in [1.82, 2.24) is 10.6 Å². The number of rotatable bonds is 12. The Labute approximate surface area is 145 Å². The van der Waals surface area contributed by atoms with E-state index in [1.165, 1.54) is 0 Å². The lowest BCUT2D eigenvalue weighted by atomic mass is 9.99. The molecule has 0 aliphatic carbocycles. The largest absolute Gasteiger partial charge is 0.375 e. The molecule has 0 spiro atoms. The predicted molar refractivity (Wildman–Crippen MR) is 103 cm³/mol. The second-order valence-corrected chi connectivity index (χ2v) is 9.00. The van der Waals surface area contributed by atoms with Crippen LogP contribution in [-0.2, 0) is 9.47 Å². The first kappa shape index (κ1) is 22.9.